The third kappa shape index (κ3) is 6.30. The van der Waals surface area contributed by atoms with Crippen LogP contribution in [0.1, 0.15) is 68.6 Å². The number of nitrogens with zero attached hydrogens (tertiary/aromatic N) is 1. The number of hydrogen-bond donors (Lipinski definition) is 0. The van der Waals surface area contributed by atoms with Gasteiger partial charge >= 0.3 is 0 Å². The first-order valence-electron chi connectivity index (χ1n) is 13.9. The molecule has 0 atom stereocenters. The van der Waals surface area contributed by atoms with E-state index >= 15 is 0 Å². The number of aryl methyl sites for hydroxylation is 1. The Morgan fingerprint density at radius 1 is 0.575 bits per heavy atom. The Morgan fingerprint density at radius 3 is 1.73 bits per heavy atom. The van der Waals surface area contributed by atoms with Crippen LogP contribution in [0.3, 0.4) is 0 Å². The molecule has 0 fully saturated rings. The smallest absolute Gasteiger partial charge is 0.203 e. The van der Waals surface area contributed by atoms with Gasteiger partial charge in [0.05, 0.1) is 4.88 Å². The molecule has 0 bridgehead atoms. The van der Waals surface area contributed by atoms with Crippen molar-refractivity contribution in [2.24, 2.45) is 0 Å². The van der Waals surface area contributed by atoms with Crippen LogP contribution in [0.5, 0.6) is 0 Å². The molecular formula is C36H33NO2S. The first-order valence-corrected chi connectivity index (χ1v) is 14.7. The molecule has 4 heteroatoms. The lowest BCUT2D eigenvalue weighted by atomic mass is 9.95. The monoisotopic (exact) mass is 543 g/mol. The number of rotatable bonds is 12. The predicted molar refractivity (Wildman–Crippen MR) is 167 cm³/mol. The normalized spacial score (nSPS) is 10.8. The van der Waals surface area contributed by atoms with Crippen LogP contribution < -0.4 is 4.90 Å². The first-order chi connectivity index (χ1) is 19.7. The summed E-state index contributed by atoms with van der Waals surface area (Å²) in [6, 6.07) is 39.0. The zero-order valence-electron chi connectivity index (χ0n) is 22.8. The lowest BCUT2D eigenvalue weighted by molar-refractivity contribution is 0.100. The number of carbonyl (C=O) groups is 2. The number of thiophene rings is 1. The molecule has 0 radical (unpaired) electrons. The topological polar surface area (TPSA) is 37.4 Å². The van der Waals surface area contributed by atoms with Crippen LogP contribution in [0.4, 0.5) is 17.1 Å². The highest BCUT2D eigenvalue weighted by atomic mass is 32.1. The van der Waals surface area contributed by atoms with Crippen molar-refractivity contribution in [2.45, 2.75) is 39.0 Å². The van der Waals surface area contributed by atoms with Crippen LogP contribution in [0.2, 0.25) is 0 Å². The van der Waals surface area contributed by atoms with Crippen LogP contribution in [-0.4, -0.2) is 11.6 Å². The molecule has 1 heterocycles. The van der Waals surface area contributed by atoms with Crippen molar-refractivity contribution >= 4 is 40.0 Å². The summed E-state index contributed by atoms with van der Waals surface area (Å²) in [6.45, 7) is 2.21. The Labute approximate surface area is 240 Å². The fourth-order valence-electron chi connectivity index (χ4n) is 4.89. The molecule has 0 saturated carbocycles. The molecule has 0 N–H and O–H groups in total. The number of hydrogen-bond acceptors (Lipinski definition) is 4. The molecule has 0 saturated heterocycles. The zero-order chi connectivity index (χ0) is 27.7. The van der Waals surface area contributed by atoms with Gasteiger partial charge in [0.25, 0.3) is 0 Å². The maximum absolute atomic E-state index is 13.7. The molecule has 3 nitrogen and oxygen atoms in total. The fourth-order valence-corrected chi connectivity index (χ4v) is 5.89. The second-order valence-corrected chi connectivity index (χ2v) is 11.0. The van der Waals surface area contributed by atoms with Crippen LogP contribution in [0.15, 0.2) is 121 Å². The van der Waals surface area contributed by atoms with Gasteiger partial charge < -0.3 is 4.90 Å². The van der Waals surface area contributed by atoms with E-state index in [1.807, 2.05) is 78.9 Å². The third-order valence-electron chi connectivity index (χ3n) is 6.99. The second kappa shape index (κ2) is 13.2. The molecule has 200 valence electrons. The number of para-hydroxylation sites is 2. The quantitative estimate of drug-likeness (QED) is 0.116. The molecule has 0 unspecified atom stereocenters. The standard InChI is InChI=1S/C36H33NO2S/c1-2-3-4-11-18-31-25-26-34(40-31)36(39)33-20-13-12-19-32(33)35(38)27-21-23-30(24-22-27)37(28-14-7-5-8-15-28)29-16-9-6-10-17-29/h5-10,12-17,19-26H,2-4,11,18H2,1H3. The van der Waals surface area contributed by atoms with Crippen molar-refractivity contribution in [3.63, 3.8) is 0 Å². The van der Waals surface area contributed by atoms with Gasteiger partial charge in [-0.3, -0.25) is 9.59 Å². The molecule has 40 heavy (non-hydrogen) atoms. The summed E-state index contributed by atoms with van der Waals surface area (Å²) >= 11 is 1.54. The molecule has 5 aromatic rings. The summed E-state index contributed by atoms with van der Waals surface area (Å²) in [5.74, 6) is -0.248. The summed E-state index contributed by atoms with van der Waals surface area (Å²) in [7, 11) is 0. The number of benzene rings is 4. The van der Waals surface area contributed by atoms with Gasteiger partial charge in [0.1, 0.15) is 0 Å². The van der Waals surface area contributed by atoms with E-state index < -0.39 is 0 Å². The largest absolute Gasteiger partial charge is 0.311 e. The van der Waals surface area contributed by atoms with E-state index in [-0.39, 0.29) is 11.6 Å². The van der Waals surface area contributed by atoms with E-state index in [2.05, 4.69) is 42.2 Å². The van der Waals surface area contributed by atoms with E-state index in [0.717, 1.165) is 29.9 Å². The Kier molecular flexibility index (Phi) is 9.00. The van der Waals surface area contributed by atoms with Gasteiger partial charge in [-0.1, -0.05) is 86.8 Å². The molecule has 0 spiro atoms. The Balaban J connectivity index is 1.38. The van der Waals surface area contributed by atoms with Gasteiger partial charge in [-0.25, -0.2) is 0 Å². The van der Waals surface area contributed by atoms with Crippen LogP contribution in [-0.2, 0) is 6.42 Å². The highest BCUT2D eigenvalue weighted by molar-refractivity contribution is 7.14. The third-order valence-corrected chi connectivity index (χ3v) is 8.14. The summed E-state index contributed by atoms with van der Waals surface area (Å²) in [5.41, 5.74) is 4.44. The van der Waals surface area contributed by atoms with Crippen molar-refractivity contribution in [3.05, 3.63) is 148 Å². The van der Waals surface area contributed by atoms with Crippen LogP contribution in [0, 0.1) is 0 Å². The average Bonchev–Trinajstić information content (AvgIpc) is 3.49. The molecule has 0 amide bonds. The molecular weight excluding hydrogens is 510 g/mol. The minimum absolute atomic E-state index is 0.0929. The van der Waals surface area contributed by atoms with Crippen LogP contribution >= 0.6 is 11.3 Å². The zero-order valence-corrected chi connectivity index (χ0v) is 23.6. The maximum Gasteiger partial charge on any atom is 0.203 e. The van der Waals surface area contributed by atoms with Gasteiger partial charge in [0, 0.05) is 38.6 Å². The van der Waals surface area contributed by atoms with Crippen LogP contribution in [0.25, 0.3) is 0 Å². The Morgan fingerprint density at radius 2 is 1.12 bits per heavy atom. The summed E-state index contributed by atoms with van der Waals surface area (Å²) < 4.78 is 0. The highest BCUT2D eigenvalue weighted by Crippen LogP contribution is 2.34. The van der Waals surface area contributed by atoms with Crippen molar-refractivity contribution in [1.29, 1.82) is 0 Å². The van der Waals surface area contributed by atoms with Gasteiger partial charge in [-0.05, 0) is 73.5 Å². The second-order valence-electron chi connectivity index (χ2n) is 9.83. The molecule has 4 aromatic carbocycles. The van der Waals surface area contributed by atoms with Gasteiger partial charge in [-0.2, -0.15) is 0 Å². The number of unbranched alkanes of at least 4 members (excludes halogenated alkanes) is 3. The first kappa shape index (κ1) is 27.3. The van der Waals surface area contributed by atoms with E-state index in [1.165, 1.54) is 24.1 Å². The van der Waals surface area contributed by atoms with Crippen molar-refractivity contribution in [1.82, 2.24) is 0 Å². The predicted octanol–water partition coefficient (Wildman–Crippen LogP) is 9.80. The minimum Gasteiger partial charge on any atom is -0.311 e. The molecule has 1 aromatic heterocycles. The Bertz CT molecular complexity index is 1520. The Hall–Kier alpha value is -4.28. The van der Waals surface area contributed by atoms with Gasteiger partial charge in [-0.15, -0.1) is 11.3 Å². The molecule has 0 aliphatic rings. The highest BCUT2D eigenvalue weighted by Gasteiger charge is 2.21. The fraction of sp³-hybridized carbons (Fsp3) is 0.167. The van der Waals surface area contributed by atoms with E-state index in [0.29, 0.717) is 21.6 Å². The lowest BCUT2D eigenvalue weighted by Crippen LogP contribution is -2.12. The van der Waals surface area contributed by atoms with E-state index in [1.54, 1.807) is 23.5 Å². The number of carbonyl (C=O) groups excluding carboxylic acids is 2. The summed E-state index contributed by atoms with van der Waals surface area (Å²) in [5, 5.41) is 0. The minimum atomic E-state index is -0.155. The number of anilines is 3. The molecule has 0 aliphatic heterocycles. The van der Waals surface area contributed by atoms with E-state index in [4.69, 9.17) is 0 Å². The summed E-state index contributed by atoms with van der Waals surface area (Å²) in [4.78, 5) is 31.2. The number of ketones is 2. The average molecular weight is 544 g/mol. The van der Waals surface area contributed by atoms with Crippen molar-refractivity contribution < 1.29 is 9.59 Å². The molecule has 5 rings (SSSR count). The van der Waals surface area contributed by atoms with Crippen molar-refractivity contribution in [2.75, 3.05) is 4.90 Å². The summed E-state index contributed by atoms with van der Waals surface area (Å²) in [6.07, 6.45) is 5.79. The maximum atomic E-state index is 13.7. The SMILES string of the molecule is CCCCCCc1ccc(C(=O)c2ccccc2C(=O)c2ccc(N(c3ccccc3)c3ccccc3)cc2)s1. The van der Waals surface area contributed by atoms with Gasteiger partial charge in [0.2, 0.25) is 5.78 Å². The van der Waals surface area contributed by atoms with Crippen molar-refractivity contribution in [3.8, 4) is 0 Å². The lowest BCUT2D eigenvalue weighted by Gasteiger charge is -2.25. The van der Waals surface area contributed by atoms with Gasteiger partial charge in [0.15, 0.2) is 5.78 Å². The molecule has 0 aliphatic carbocycles. The van der Waals surface area contributed by atoms with E-state index in [9.17, 15) is 9.59 Å².